The van der Waals surface area contributed by atoms with Gasteiger partial charge in [-0.2, -0.15) is 0 Å². The molecule has 0 saturated carbocycles. The standard InChI is InChI=1S/C15H22O9/c1-8(16)20-7-11(22-9(2)17)12-13-14(23-10(3)18)15(4,24-12)21-6-5-19-13/h11-14H,5-7H2,1-4H3/t11-,12-,13-,14+,15+/m1/s1. The fraction of sp³-hybridized carbons (Fsp3) is 0.800. The van der Waals surface area contributed by atoms with E-state index in [1.165, 1.54) is 20.8 Å². The minimum Gasteiger partial charge on any atom is -0.462 e. The molecule has 24 heavy (non-hydrogen) atoms. The zero-order chi connectivity index (χ0) is 17.9. The van der Waals surface area contributed by atoms with Crippen molar-refractivity contribution in [3.8, 4) is 0 Å². The Balaban J connectivity index is 2.24. The number of carbonyl (C=O) groups is 3. The maximum atomic E-state index is 11.4. The van der Waals surface area contributed by atoms with Gasteiger partial charge in [0.25, 0.3) is 0 Å². The van der Waals surface area contributed by atoms with E-state index >= 15 is 0 Å². The van der Waals surface area contributed by atoms with Gasteiger partial charge in [0.2, 0.25) is 5.79 Å². The molecule has 0 spiro atoms. The molecule has 2 rings (SSSR count). The van der Waals surface area contributed by atoms with E-state index < -0.39 is 48.1 Å². The number of hydrogen-bond donors (Lipinski definition) is 0. The highest BCUT2D eigenvalue weighted by Crippen LogP contribution is 2.40. The van der Waals surface area contributed by atoms with E-state index in [9.17, 15) is 14.4 Å². The molecule has 5 atom stereocenters. The van der Waals surface area contributed by atoms with E-state index in [0.29, 0.717) is 0 Å². The van der Waals surface area contributed by atoms with E-state index in [2.05, 4.69) is 0 Å². The summed E-state index contributed by atoms with van der Waals surface area (Å²) in [6.07, 6.45) is -3.29. The molecule has 0 aromatic heterocycles. The first kappa shape index (κ1) is 18.6. The Hall–Kier alpha value is -1.71. The highest BCUT2D eigenvalue weighted by atomic mass is 16.8. The molecule has 0 amide bonds. The monoisotopic (exact) mass is 346 g/mol. The molecule has 0 unspecified atom stereocenters. The van der Waals surface area contributed by atoms with Crippen LogP contribution in [-0.2, 0) is 42.8 Å². The molecule has 136 valence electrons. The first-order chi connectivity index (χ1) is 11.2. The zero-order valence-corrected chi connectivity index (χ0v) is 14.1. The summed E-state index contributed by atoms with van der Waals surface area (Å²) in [5.74, 6) is -2.85. The van der Waals surface area contributed by atoms with Gasteiger partial charge < -0.3 is 28.4 Å². The molecule has 0 radical (unpaired) electrons. The number of fused-ring (bicyclic) bond motifs is 2. The summed E-state index contributed by atoms with van der Waals surface area (Å²) in [4.78, 5) is 33.9. The van der Waals surface area contributed by atoms with Gasteiger partial charge in [-0.25, -0.2) is 0 Å². The van der Waals surface area contributed by atoms with E-state index in [1.54, 1.807) is 6.92 Å². The Bertz CT molecular complexity index is 505. The number of hydrogen-bond acceptors (Lipinski definition) is 9. The first-order valence-electron chi connectivity index (χ1n) is 7.64. The summed E-state index contributed by atoms with van der Waals surface area (Å²) < 4.78 is 32.7. The Labute approximate surface area is 139 Å². The van der Waals surface area contributed by atoms with Crippen LogP contribution >= 0.6 is 0 Å². The maximum Gasteiger partial charge on any atom is 0.303 e. The van der Waals surface area contributed by atoms with Crippen molar-refractivity contribution in [2.45, 2.75) is 57.9 Å². The molecule has 2 aliphatic rings. The van der Waals surface area contributed by atoms with Gasteiger partial charge in [0.1, 0.15) is 18.8 Å². The van der Waals surface area contributed by atoms with Crippen LogP contribution in [0.25, 0.3) is 0 Å². The smallest absolute Gasteiger partial charge is 0.303 e. The largest absolute Gasteiger partial charge is 0.462 e. The highest BCUT2D eigenvalue weighted by Gasteiger charge is 2.60. The molecule has 0 N–H and O–H groups in total. The van der Waals surface area contributed by atoms with Crippen molar-refractivity contribution in [2.24, 2.45) is 0 Å². The lowest BCUT2D eigenvalue weighted by Gasteiger charge is -2.30. The Kier molecular flexibility index (Phi) is 5.79. The minimum atomic E-state index is -1.24. The summed E-state index contributed by atoms with van der Waals surface area (Å²) in [5.41, 5.74) is 0. The number of ether oxygens (including phenoxy) is 6. The van der Waals surface area contributed by atoms with Crippen LogP contribution in [0.3, 0.4) is 0 Å². The van der Waals surface area contributed by atoms with Crippen molar-refractivity contribution < 1.29 is 42.8 Å². The first-order valence-corrected chi connectivity index (χ1v) is 7.64. The van der Waals surface area contributed by atoms with Gasteiger partial charge in [0.05, 0.1) is 13.2 Å². The Morgan fingerprint density at radius 2 is 1.83 bits per heavy atom. The molecule has 2 bridgehead atoms. The summed E-state index contributed by atoms with van der Waals surface area (Å²) >= 11 is 0. The summed E-state index contributed by atoms with van der Waals surface area (Å²) in [7, 11) is 0. The highest BCUT2D eigenvalue weighted by molar-refractivity contribution is 5.67. The lowest BCUT2D eigenvalue weighted by molar-refractivity contribution is -0.263. The topological polar surface area (TPSA) is 107 Å². The third kappa shape index (κ3) is 4.22. The molecule has 2 heterocycles. The quantitative estimate of drug-likeness (QED) is 0.500. The van der Waals surface area contributed by atoms with E-state index in [1.807, 2.05) is 0 Å². The van der Waals surface area contributed by atoms with Gasteiger partial charge in [-0.15, -0.1) is 0 Å². The molecule has 0 aliphatic carbocycles. The summed E-state index contributed by atoms with van der Waals surface area (Å²) in [6.45, 7) is 5.69. The van der Waals surface area contributed by atoms with Crippen LogP contribution in [0.15, 0.2) is 0 Å². The van der Waals surface area contributed by atoms with Crippen LogP contribution in [0.4, 0.5) is 0 Å². The predicted octanol–water partition coefficient (Wildman–Crippen LogP) is -0.0567. The van der Waals surface area contributed by atoms with Crippen molar-refractivity contribution in [3.05, 3.63) is 0 Å². The minimum absolute atomic E-state index is 0.206. The third-order valence-corrected chi connectivity index (χ3v) is 3.72. The molecule has 0 aromatic carbocycles. The fourth-order valence-corrected chi connectivity index (χ4v) is 2.85. The second-order valence-electron chi connectivity index (χ2n) is 5.76. The van der Waals surface area contributed by atoms with E-state index in [-0.39, 0.29) is 19.8 Å². The zero-order valence-electron chi connectivity index (χ0n) is 14.1. The van der Waals surface area contributed by atoms with Crippen LogP contribution in [0.5, 0.6) is 0 Å². The maximum absolute atomic E-state index is 11.4. The molecule has 0 aromatic rings. The molecule has 9 nitrogen and oxygen atoms in total. The van der Waals surface area contributed by atoms with E-state index in [4.69, 9.17) is 28.4 Å². The second kappa shape index (κ2) is 7.45. The second-order valence-corrected chi connectivity index (χ2v) is 5.76. The number of carbonyl (C=O) groups excluding carboxylic acids is 3. The Morgan fingerprint density at radius 1 is 1.12 bits per heavy atom. The normalized spacial score (nSPS) is 33.2. The average molecular weight is 346 g/mol. The van der Waals surface area contributed by atoms with Crippen molar-refractivity contribution in [3.63, 3.8) is 0 Å². The SMILES string of the molecule is CC(=O)OC[C@@H](OC(C)=O)[C@H]1O[C@]2(C)OCCO[C@H]1[C@@H]2OC(C)=O. The molecule has 2 fully saturated rings. The fourth-order valence-electron chi connectivity index (χ4n) is 2.85. The lowest BCUT2D eigenvalue weighted by atomic mass is 10.0. The van der Waals surface area contributed by atoms with Crippen molar-refractivity contribution in [2.75, 3.05) is 19.8 Å². The van der Waals surface area contributed by atoms with Gasteiger partial charge in [-0.1, -0.05) is 0 Å². The molecule has 9 heteroatoms. The third-order valence-electron chi connectivity index (χ3n) is 3.72. The van der Waals surface area contributed by atoms with Crippen LogP contribution in [0.2, 0.25) is 0 Å². The predicted molar refractivity (Wildman–Crippen MR) is 76.7 cm³/mol. The number of esters is 3. The molecular weight excluding hydrogens is 324 g/mol. The average Bonchev–Trinajstić information content (AvgIpc) is 2.60. The van der Waals surface area contributed by atoms with Crippen LogP contribution in [-0.4, -0.2) is 67.9 Å². The summed E-state index contributed by atoms with van der Waals surface area (Å²) in [6, 6.07) is 0. The molecular formula is C15H22O9. The Morgan fingerprint density at radius 3 is 2.42 bits per heavy atom. The lowest BCUT2D eigenvalue weighted by Crippen LogP contribution is -2.46. The van der Waals surface area contributed by atoms with Gasteiger partial charge in [-0.3, -0.25) is 14.4 Å². The van der Waals surface area contributed by atoms with Gasteiger partial charge in [0.15, 0.2) is 12.2 Å². The van der Waals surface area contributed by atoms with Gasteiger partial charge in [-0.05, 0) is 6.92 Å². The van der Waals surface area contributed by atoms with Crippen LogP contribution in [0.1, 0.15) is 27.7 Å². The van der Waals surface area contributed by atoms with Crippen LogP contribution in [0, 0.1) is 0 Å². The summed E-state index contributed by atoms with van der Waals surface area (Å²) in [5, 5.41) is 0. The van der Waals surface area contributed by atoms with Crippen molar-refractivity contribution >= 4 is 17.9 Å². The van der Waals surface area contributed by atoms with Crippen LogP contribution < -0.4 is 0 Å². The molecule has 2 aliphatic heterocycles. The van der Waals surface area contributed by atoms with Gasteiger partial charge >= 0.3 is 17.9 Å². The number of rotatable bonds is 5. The van der Waals surface area contributed by atoms with E-state index in [0.717, 1.165) is 0 Å². The van der Waals surface area contributed by atoms with Crippen molar-refractivity contribution in [1.29, 1.82) is 0 Å². The van der Waals surface area contributed by atoms with Crippen molar-refractivity contribution in [1.82, 2.24) is 0 Å². The van der Waals surface area contributed by atoms with Gasteiger partial charge in [0, 0.05) is 20.8 Å². The molecule has 2 saturated heterocycles.